The zero-order valence-electron chi connectivity index (χ0n) is 13.2. The van der Waals surface area contributed by atoms with Gasteiger partial charge in [0.2, 0.25) is 5.91 Å². The van der Waals surface area contributed by atoms with Gasteiger partial charge in [0.05, 0.1) is 6.04 Å². The van der Waals surface area contributed by atoms with Crippen molar-refractivity contribution in [1.29, 1.82) is 0 Å². The first-order valence-corrected chi connectivity index (χ1v) is 7.00. The smallest absolute Gasteiger partial charge is 0.237 e. The fraction of sp³-hybridized carbons (Fsp3) is 0.533. The highest BCUT2D eigenvalue weighted by Crippen LogP contribution is 2.14. The van der Waals surface area contributed by atoms with Crippen molar-refractivity contribution in [2.24, 2.45) is 0 Å². The van der Waals surface area contributed by atoms with Crippen LogP contribution in [-0.2, 0) is 11.3 Å². The summed E-state index contributed by atoms with van der Waals surface area (Å²) in [6.07, 6.45) is 0. The van der Waals surface area contributed by atoms with Crippen molar-refractivity contribution in [2.45, 2.75) is 45.8 Å². The van der Waals surface area contributed by atoms with Crippen LogP contribution in [0.2, 0.25) is 0 Å². The lowest BCUT2D eigenvalue weighted by Crippen LogP contribution is -2.49. The van der Waals surface area contributed by atoms with Gasteiger partial charge in [0.25, 0.3) is 0 Å². The molecule has 1 unspecified atom stereocenters. The van der Waals surface area contributed by atoms with Crippen LogP contribution in [0, 0.1) is 0 Å². The van der Waals surface area contributed by atoms with Crippen LogP contribution in [0.5, 0.6) is 0 Å². The van der Waals surface area contributed by atoms with Gasteiger partial charge in [-0.05, 0) is 62.8 Å². The molecular weight excluding hydrogens is 268 g/mol. The quantitative estimate of drug-likeness (QED) is 0.932. The van der Waals surface area contributed by atoms with Crippen LogP contribution in [-0.4, -0.2) is 39.7 Å². The van der Waals surface area contributed by atoms with E-state index in [2.05, 4.69) is 20.3 Å². The van der Waals surface area contributed by atoms with Crippen molar-refractivity contribution in [2.75, 3.05) is 7.05 Å². The molecule has 0 fully saturated rings. The molecule has 2 aromatic rings. The summed E-state index contributed by atoms with van der Waals surface area (Å²) in [5, 5.41) is 10.6. The van der Waals surface area contributed by atoms with E-state index in [4.69, 9.17) is 0 Å². The highest BCUT2D eigenvalue weighted by molar-refractivity contribution is 5.82. The van der Waals surface area contributed by atoms with Gasteiger partial charge < -0.3 is 5.32 Å². The van der Waals surface area contributed by atoms with E-state index in [0.29, 0.717) is 6.54 Å². The van der Waals surface area contributed by atoms with E-state index in [0.717, 1.165) is 16.6 Å². The molecule has 1 atom stereocenters. The predicted molar refractivity (Wildman–Crippen MR) is 80.6 cm³/mol. The van der Waals surface area contributed by atoms with E-state index >= 15 is 0 Å². The van der Waals surface area contributed by atoms with Crippen LogP contribution in [0.4, 0.5) is 0 Å². The minimum atomic E-state index is -0.225. The van der Waals surface area contributed by atoms with Crippen molar-refractivity contribution in [3.05, 3.63) is 23.8 Å². The molecule has 1 aromatic heterocycles. The van der Waals surface area contributed by atoms with Crippen LogP contribution in [0.3, 0.4) is 0 Å². The third kappa shape index (κ3) is 4.01. The van der Waals surface area contributed by atoms with Crippen molar-refractivity contribution in [1.82, 2.24) is 20.5 Å². The van der Waals surface area contributed by atoms with Gasteiger partial charge in [-0.2, -0.15) is 0 Å². The van der Waals surface area contributed by atoms with E-state index in [1.54, 1.807) is 0 Å². The van der Waals surface area contributed by atoms with Gasteiger partial charge in [0, 0.05) is 12.1 Å². The lowest BCUT2D eigenvalue weighted by atomic mass is 10.1. The number of carbonyl (C=O) groups excluding carboxylic acids is 1. The Balaban J connectivity index is 2.02. The molecule has 0 aliphatic heterocycles. The molecule has 0 radical (unpaired) electrons. The monoisotopic (exact) mass is 290 g/mol. The van der Waals surface area contributed by atoms with Gasteiger partial charge in [-0.3, -0.25) is 9.69 Å². The molecule has 2 rings (SSSR count). The Kier molecular flexibility index (Phi) is 4.27. The summed E-state index contributed by atoms with van der Waals surface area (Å²) in [5.74, 6) is 0.0224. The fourth-order valence-corrected chi connectivity index (χ4v) is 2.03. The second kappa shape index (κ2) is 5.81. The fourth-order valence-electron chi connectivity index (χ4n) is 2.03. The van der Waals surface area contributed by atoms with Crippen LogP contribution in [0.15, 0.2) is 22.8 Å². The molecule has 1 N–H and O–H groups in total. The number of amides is 1. The number of nitrogens with one attached hydrogen (secondary N) is 1. The summed E-state index contributed by atoms with van der Waals surface area (Å²) >= 11 is 0. The van der Waals surface area contributed by atoms with Gasteiger partial charge in [-0.25, -0.2) is 4.63 Å². The largest absolute Gasteiger partial charge is 0.350 e. The molecule has 0 saturated carbocycles. The average Bonchev–Trinajstić information content (AvgIpc) is 2.83. The first-order valence-electron chi connectivity index (χ1n) is 7.00. The van der Waals surface area contributed by atoms with Crippen LogP contribution in [0.1, 0.15) is 33.3 Å². The van der Waals surface area contributed by atoms with E-state index in [-0.39, 0.29) is 17.5 Å². The molecule has 0 saturated heterocycles. The number of nitrogens with zero attached hydrogens (tertiary/aromatic N) is 3. The lowest BCUT2D eigenvalue weighted by molar-refractivity contribution is -0.127. The van der Waals surface area contributed by atoms with Gasteiger partial charge in [0.15, 0.2) is 0 Å². The molecule has 0 spiro atoms. The van der Waals surface area contributed by atoms with Crippen LogP contribution >= 0.6 is 0 Å². The zero-order valence-corrected chi connectivity index (χ0v) is 13.2. The van der Waals surface area contributed by atoms with E-state index in [1.165, 1.54) is 0 Å². The summed E-state index contributed by atoms with van der Waals surface area (Å²) in [7, 11) is 1.93. The number of benzene rings is 1. The Morgan fingerprint density at radius 1 is 1.33 bits per heavy atom. The maximum Gasteiger partial charge on any atom is 0.237 e. The van der Waals surface area contributed by atoms with Crippen molar-refractivity contribution < 1.29 is 9.42 Å². The molecule has 1 heterocycles. The average molecular weight is 290 g/mol. The van der Waals surface area contributed by atoms with Gasteiger partial charge in [0.1, 0.15) is 11.0 Å². The summed E-state index contributed by atoms with van der Waals surface area (Å²) in [4.78, 5) is 14.2. The predicted octanol–water partition coefficient (Wildman–Crippen LogP) is 1.96. The van der Waals surface area contributed by atoms with Crippen molar-refractivity contribution in [3.8, 4) is 0 Å². The lowest BCUT2D eigenvalue weighted by Gasteiger charge is -2.28. The highest BCUT2D eigenvalue weighted by Gasteiger charge is 2.22. The van der Waals surface area contributed by atoms with Gasteiger partial charge in [-0.15, -0.1) is 0 Å². The van der Waals surface area contributed by atoms with Crippen LogP contribution in [0.25, 0.3) is 11.0 Å². The zero-order chi connectivity index (χ0) is 15.6. The SMILES string of the molecule is CC(C(=O)NC(C)(C)C)N(C)Cc1ccc2nonc2c1. The summed E-state index contributed by atoms with van der Waals surface area (Å²) in [5.41, 5.74) is 2.31. The second-order valence-electron chi connectivity index (χ2n) is 6.42. The first kappa shape index (κ1) is 15.4. The Hall–Kier alpha value is -1.95. The number of carbonyl (C=O) groups is 1. The molecule has 1 amide bonds. The molecule has 0 aliphatic rings. The molecule has 1 aromatic carbocycles. The number of fused-ring (bicyclic) bond motifs is 1. The molecule has 6 nitrogen and oxygen atoms in total. The van der Waals surface area contributed by atoms with E-state index < -0.39 is 0 Å². The summed E-state index contributed by atoms with van der Waals surface area (Å²) in [6, 6.07) is 5.55. The summed E-state index contributed by atoms with van der Waals surface area (Å²) in [6.45, 7) is 8.48. The molecule has 0 bridgehead atoms. The second-order valence-corrected chi connectivity index (χ2v) is 6.42. The number of likely N-dealkylation sites (N-methyl/N-ethyl adjacent to an activating group) is 1. The number of hydrogen-bond donors (Lipinski definition) is 1. The first-order chi connectivity index (χ1) is 9.76. The minimum absolute atomic E-state index is 0.0224. The molecule has 114 valence electrons. The highest BCUT2D eigenvalue weighted by atomic mass is 16.6. The maximum atomic E-state index is 12.2. The standard InChI is InChI=1S/C15H22N4O2/c1-10(14(20)16-15(2,3)4)19(5)9-11-6-7-12-13(8-11)18-21-17-12/h6-8,10H,9H2,1-5H3,(H,16,20). The Morgan fingerprint density at radius 3 is 2.67 bits per heavy atom. The maximum absolute atomic E-state index is 12.2. The van der Waals surface area contributed by atoms with E-state index in [9.17, 15) is 4.79 Å². The number of hydrogen-bond acceptors (Lipinski definition) is 5. The number of rotatable bonds is 4. The van der Waals surface area contributed by atoms with Crippen molar-refractivity contribution >= 4 is 16.9 Å². The molecule has 21 heavy (non-hydrogen) atoms. The normalized spacial score (nSPS) is 13.6. The van der Waals surface area contributed by atoms with Gasteiger partial charge in [-0.1, -0.05) is 6.07 Å². The minimum Gasteiger partial charge on any atom is -0.350 e. The van der Waals surface area contributed by atoms with Crippen LogP contribution < -0.4 is 5.32 Å². The molecule has 0 aliphatic carbocycles. The Bertz CT molecular complexity index is 630. The molecular formula is C15H22N4O2. The van der Waals surface area contributed by atoms with Crippen molar-refractivity contribution in [3.63, 3.8) is 0 Å². The third-order valence-electron chi connectivity index (χ3n) is 3.29. The third-order valence-corrected chi connectivity index (χ3v) is 3.29. The topological polar surface area (TPSA) is 71.3 Å². The Labute approximate surface area is 124 Å². The number of aromatic nitrogens is 2. The molecule has 6 heteroatoms. The summed E-state index contributed by atoms with van der Waals surface area (Å²) < 4.78 is 4.69. The van der Waals surface area contributed by atoms with Gasteiger partial charge >= 0.3 is 0 Å². The Morgan fingerprint density at radius 2 is 2.00 bits per heavy atom. The van der Waals surface area contributed by atoms with E-state index in [1.807, 2.05) is 57.8 Å².